The quantitative estimate of drug-likeness (QED) is 0.433. The number of piperidine rings is 1. The molecule has 2 aromatic carbocycles. The molecule has 0 aliphatic carbocycles. The lowest BCUT2D eigenvalue weighted by molar-refractivity contribution is -0.384. The van der Waals surface area contributed by atoms with E-state index in [2.05, 4.69) is 5.32 Å². The fourth-order valence-corrected chi connectivity index (χ4v) is 5.33. The van der Waals surface area contributed by atoms with Crippen molar-refractivity contribution in [3.05, 3.63) is 58.1 Å². The van der Waals surface area contributed by atoms with Crippen molar-refractivity contribution >= 4 is 34.9 Å². The Labute approximate surface area is 189 Å². The number of barbiturate groups is 1. The maximum atomic E-state index is 14.0. The highest BCUT2D eigenvalue weighted by atomic mass is 16.6. The van der Waals surface area contributed by atoms with Crippen LogP contribution in [-0.2, 0) is 16.0 Å². The number of benzene rings is 2. The third-order valence-corrected chi connectivity index (χ3v) is 6.87. The Kier molecular flexibility index (Phi) is 4.80. The molecule has 3 aliphatic heterocycles. The summed E-state index contributed by atoms with van der Waals surface area (Å²) in [5, 5.41) is 13.8. The highest BCUT2D eigenvalue weighted by Crippen LogP contribution is 2.48. The van der Waals surface area contributed by atoms with Gasteiger partial charge in [-0.2, -0.15) is 0 Å². The molecule has 5 rings (SSSR count). The zero-order chi connectivity index (χ0) is 23.3. The second-order valence-corrected chi connectivity index (χ2v) is 8.52. The molecule has 2 atom stereocenters. The number of methoxy groups -OCH3 is 1. The number of fused-ring (bicyclic) bond motifs is 4. The molecule has 3 heterocycles. The van der Waals surface area contributed by atoms with Crippen molar-refractivity contribution in [2.75, 3.05) is 23.5 Å². The van der Waals surface area contributed by atoms with Gasteiger partial charge in [0.05, 0.1) is 23.8 Å². The van der Waals surface area contributed by atoms with Crippen molar-refractivity contribution in [3.8, 4) is 5.75 Å². The molecular formula is C23H22N4O6. The van der Waals surface area contributed by atoms with Crippen LogP contribution in [0.3, 0.4) is 0 Å². The average molecular weight is 450 g/mol. The number of nitro benzene ring substituents is 1. The summed E-state index contributed by atoms with van der Waals surface area (Å²) in [6.45, 7) is 0.619. The standard InChI is InChI=1S/C23H22N4O6/c1-33-17-8-5-15(6-9-17)26-21(29)23(20(28)24-22(26)30)13-14-12-16(27(31)32)7-10-18(14)25-11-3-2-4-19(23)25/h5-10,12,19H,2-4,11,13H2,1H3,(H,24,28,30). The Balaban J connectivity index is 1.64. The van der Waals surface area contributed by atoms with Crippen LogP contribution in [0.15, 0.2) is 42.5 Å². The van der Waals surface area contributed by atoms with Gasteiger partial charge in [0.15, 0.2) is 5.41 Å². The number of hydrogen-bond acceptors (Lipinski definition) is 7. The van der Waals surface area contributed by atoms with Gasteiger partial charge in [0.2, 0.25) is 5.91 Å². The minimum atomic E-state index is -1.57. The number of nitrogens with zero attached hydrogens (tertiary/aromatic N) is 3. The number of urea groups is 1. The zero-order valence-corrected chi connectivity index (χ0v) is 17.9. The van der Waals surface area contributed by atoms with Gasteiger partial charge >= 0.3 is 6.03 Å². The summed E-state index contributed by atoms with van der Waals surface area (Å²) in [6, 6.07) is 9.72. The molecular weight excluding hydrogens is 428 g/mol. The van der Waals surface area contributed by atoms with Gasteiger partial charge in [0, 0.05) is 30.8 Å². The first kappa shape index (κ1) is 20.9. The smallest absolute Gasteiger partial charge is 0.335 e. The van der Waals surface area contributed by atoms with E-state index in [1.54, 1.807) is 30.3 Å². The minimum Gasteiger partial charge on any atom is -0.497 e. The fraction of sp³-hybridized carbons (Fsp3) is 0.348. The van der Waals surface area contributed by atoms with Crippen molar-refractivity contribution in [1.82, 2.24) is 5.32 Å². The molecule has 2 unspecified atom stereocenters. The Morgan fingerprint density at radius 2 is 1.88 bits per heavy atom. The number of amides is 4. The van der Waals surface area contributed by atoms with Crippen LogP contribution in [-0.4, -0.2) is 42.5 Å². The summed E-state index contributed by atoms with van der Waals surface area (Å²) in [7, 11) is 1.51. The zero-order valence-electron chi connectivity index (χ0n) is 17.9. The molecule has 0 bridgehead atoms. The Morgan fingerprint density at radius 3 is 2.58 bits per heavy atom. The van der Waals surface area contributed by atoms with Crippen molar-refractivity contribution in [3.63, 3.8) is 0 Å². The molecule has 4 amide bonds. The molecule has 33 heavy (non-hydrogen) atoms. The lowest BCUT2D eigenvalue weighted by atomic mass is 9.66. The summed E-state index contributed by atoms with van der Waals surface area (Å²) < 4.78 is 5.16. The summed E-state index contributed by atoms with van der Waals surface area (Å²) in [6.07, 6.45) is 2.29. The topological polar surface area (TPSA) is 122 Å². The molecule has 2 saturated heterocycles. The van der Waals surface area contributed by atoms with Crippen molar-refractivity contribution in [2.24, 2.45) is 5.41 Å². The number of non-ortho nitro benzene ring substituents is 1. The molecule has 10 nitrogen and oxygen atoms in total. The largest absolute Gasteiger partial charge is 0.497 e. The number of hydrogen-bond donors (Lipinski definition) is 1. The normalized spacial score (nSPS) is 24.3. The van der Waals surface area contributed by atoms with E-state index in [-0.39, 0.29) is 12.1 Å². The molecule has 170 valence electrons. The summed E-state index contributed by atoms with van der Waals surface area (Å²) >= 11 is 0. The number of anilines is 2. The van der Waals surface area contributed by atoms with Gasteiger partial charge in [-0.05, 0) is 55.2 Å². The van der Waals surface area contributed by atoms with E-state index in [0.29, 0.717) is 30.0 Å². The van der Waals surface area contributed by atoms with Crippen molar-refractivity contribution < 1.29 is 24.0 Å². The van der Waals surface area contributed by atoms with Gasteiger partial charge in [-0.15, -0.1) is 0 Å². The Hall–Kier alpha value is -3.95. The molecule has 2 fully saturated rings. The van der Waals surface area contributed by atoms with Crippen LogP contribution in [0.1, 0.15) is 24.8 Å². The number of carbonyl (C=O) groups excluding carboxylic acids is 3. The van der Waals surface area contributed by atoms with Gasteiger partial charge in [0.1, 0.15) is 5.75 Å². The summed E-state index contributed by atoms with van der Waals surface area (Å²) in [5.74, 6) is -0.710. The van der Waals surface area contributed by atoms with Gasteiger partial charge in [-0.3, -0.25) is 25.0 Å². The fourth-order valence-electron chi connectivity index (χ4n) is 5.33. The van der Waals surface area contributed by atoms with E-state index in [4.69, 9.17) is 4.74 Å². The Morgan fingerprint density at radius 1 is 1.12 bits per heavy atom. The third kappa shape index (κ3) is 3.05. The molecule has 2 aromatic rings. The van der Waals surface area contributed by atoms with Crippen LogP contribution in [0.25, 0.3) is 0 Å². The highest BCUT2D eigenvalue weighted by molar-refractivity contribution is 6.30. The molecule has 3 aliphatic rings. The van der Waals surface area contributed by atoms with Crippen molar-refractivity contribution in [1.29, 1.82) is 0 Å². The lowest BCUT2D eigenvalue weighted by Crippen LogP contribution is -2.72. The highest BCUT2D eigenvalue weighted by Gasteiger charge is 2.62. The SMILES string of the molecule is COc1ccc(N2C(=O)NC(=O)C3(Cc4cc([N+](=O)[O-])ccc4N4CCCCC43)C2=O)cc1. The first-order valence-electron chi connectivity index (χ1n) is 10.7. The maximum absolute atomic E-state index is 14.0. The van der Waals surface area contributed by atoms with E-state index >= 15 is 0 Å². The molecule has 0 radical (unpaired) electrons. The van der Waals surface area contributed by atoms with E-state index in [9.17, 15) is 24.5 Å². The monoisotopic (exact) mass is 450 g/mol. The van der Waals surface area contributed by atoms with Gasteiger partial charge in [0.25, 0.3) is 11.6 Å². The van der Waals surface area contributed by atoms with Gasteiger partial charge in [-0.1, -0.05) is 0 Å². The number of rotatable bonds is 3. The van der Waals surface area contributed by atoms with Crippen LogP contribution in [0, 0.1) is 15.5 Å². The van der Waals surface area contributed by atoms with E-state index in [1.165, 1.54) is 19.2 Å². The van der Waals surface area contributed by atoms with Crippen LogP contribution in [0.2, 0.25) is 0 Å². The van der Waals surface area contributed by atoms with Gasteiger partial charge < -0.3 is 9.64 Å². The predicted octanol–water partition coefficient (Wildman–Crippen LogP) is 2.79. The maximum Gasteiger partial charge on any atom is 0.335 e. The number of nitro groups is 1. The van der Waals surface area contributed by atoms with Crippen molar-refractivity contribution in [2.45, 2.75) is 31.7 Å². The number of ether oxygens (including phenoxy) is 1. The first-order chi connectivity index (χ1) is 15.9. The van der Waals surface area contributed by atoms with E-state index in [0.717, 1.165) is 23.4 Å². The lowest BCUT2D eigenvalue weighted by Gasteiger charge is -2.53. The average Bonchev–Trinajstić information content (AvgIpc) is 2.82. The molecule has 0 aromatic heterocycles. The van der Waals surface area contributed by atoms with Crippen LogP contribution < -0.4 is 19.9 Å². The molecule has 0 saturated carbocycles. The van der Waals surface area contributed by atoms with Gasteiger partial charge in [-0.25, -0.2) is 9.69 Å². The second kappa shape index (κ2) is 7.58. The van der Waals surface area contributed by atoms with E-state index < -0.39 is 34.2 Å². The first-order valence-corrected chi connectivity index (χ1v) is 10.7. The molecule has 10 heteroatoms. The summed E-state index contributed by atoms with van der Waals surface area (Å²) in [5.41, 5.74) is -0.0148. The number of nitrogens with one attached hydrogen (secondary N) is 1. The molecule has 1 spiro atoms. The minimum absolute atomic E-state index is 0.0181. The number of carbonyl (C=O) groups is 3. The second-order valence-electron chi connectivity index (χ2n) is 8.52. The van der Waals surface area contributed by atoms with Crippen LogP contribution in [0.5, 0.6) is 5.75 Å². The Bertz CT molecular complexity index is 1180. The number of imide groups is 2. The van der Waals surface area contributed by atoms with Crippen LogP contribution >= 0.6 is 0 Å². The summed E-state index contributed by atoms with van der Waals surface area (Å²) in [4.78, 5) is 54.1. The van der Waals surface area contributed by atoms with E-state index in [1.807, 2.05) is 4.90 Å². The van der Waals surface area contributed by atoms with Crippen LogP contribution in [0.4, 0.5) is 21.9 Å². The third-order valence-electron chi connectivity index (χ3n) is 6.87. The predicted molar refractivity (Wildman–Crippen MR) is 118 cm³/mol. The molecule has 1 N–H and O–H groups in total.